The first-order valence-electron chi connectivity index (χ1n) is 6.74. The minimum absolute atomic E-state index is 0.0847. The molecule has 1 fully saturated rings. The number of aryl methyl sites for hydroxylation is 1. The normalized spacial score (nSPS) is 23.4. The lowest BCUT2D eigenvalue weighted by atomic mass is 10.0. The molecule has 19 heavy (non-hydrogen) atoms. The standard InChI is InChI=1S/C15H20BrNO2/c1-3-12-6-4-5-7-14(12)15(18)17-9-11(2)19-13(8-16)10-17/h4-7,11,13H,3,8-10H2,1-2H3. The van der Waals surface area contributed by atoms with Crippen molar-refractivity contribution in [2.75, 3.05) is 18.4 Å². The summed E-state index contributed by atoms with van der Waals surface area (Å²) in [5.74, 6) is 0.124. The molecule has 2 unspecified atom stereocenters. The number of hydrogen-bond acceptors (Lipinski definition) is 2. The number of ether oxygens (including phenoxy) is 1. The third-order valence-electron chi connectivity index (χ3n) is 3.41. The van der Waals surface area contributed by atoms with Crippen LogP contribution in [0.2, 0.25) is 0 Å². The largest absolute Gasteiger partial charge is 0.371 e. The maximum absolute atomic E-state index is 12.6. The lowest BCUT2D eigenvalue weighted by Gasteiger charge is -2.36. The first-order chi connectivity index (χ1) is 9.15. The molecule has 1 aliphatic heterocycles. The molecule has 0 radical (unpaired) electrons. The van der Waals surface area contributed by atoms with E-state index in [1.807, 2.05) is 36.1 Å². The second kappa shape index (κ2) is 6.53. The molecule has 1 saturated heterocycles. The molecule has 0 bridgehead atoms. The van der Waals surface area contributed by atoms with Gasteiger partial charge in [0, 0.05) is 24.0 Å². The van der Waals surface area contributed by atoms with Crippen molar-refractivity contribution in [3.63, 3.8) is 0 Å². The Bertz CT molecular complexity index is 450. The number of carbonyl (C=O) groups excluding carboxylic acids is 1. The SMILES string of the molecule is CCc1ccccc1C(=O)N1CC(C)OC(CBr)C1. The maximum atomic E-state index is 12.6. The third-order valence-corrected chi connectivity index (χ3v) is 4.14. The predicted molar refractivity (Wildman–Crippen MR) is 79.9 cm³/mol. The van der Waals surface area contributed by atoms with Crippen LogP contribution in [0, 0.1) is 0 Å². The molecule has 104 valence electrons. The first-order valence-corrected chi connectivity index (χ1v) is 7.86. The predicted octanol–water partition coefficient (Wildman–Crippen LogP) is 2.87. The average molecular weight is 326 g/mol. The highest BCUT2D eigenvalue weighted by molar-refractivity contribution is 9.09. The second-order valence-electron chi connectivity index (χ2n) is 4.94. The number of halogens is 1. The average Bonchev–Trinajstić information content (AvgIpc) is 2.45. The minimum atomic E-state index is 0.0847. The van der Waals surface area contributed by atoms with Crippen LogP contribution in [0.4, 0.5) is 0 Å². The molecule has 1 aliphatic rings. The molecular weight excluding hydrogens is 306 g/mol. The van der Waals surface area contributed by atoms with Crippen LogP contribution in [-0.4, -0.2) is 41.4 Å². The van der Waals surface area contributed by atoms with Gasteiger partial charge in [-0.15, -0.1) is 0 Å². The molecule has 3 nitrogen and oxygen atoms in total. The topological polar surface area (TPSA) is 29.5 Å². The number of morpholine rings is 1. The van der Waals surface area contributed by atoms with E-state index in [-0.39, 0.29) is 18.1 Å². The van der Waals surface area contributed by atoms with Crippen molar-refractivity contribution in [1.82, 2.24) is 4.90 Å². The van der Waals surface area contributed by atoms with Crippen molar-refractivity contribution in [3.8, 4) is 0 Å². The number of alkyl halides is 1. The van der Waals surface area contributed by atoms with Gasteiger partial charge in [-0.3, -0.25) is 4.79 Å². The lowest BCUT2D eigenvalue weighted by molar-refractivity contribution is -0.0559. The molecule has 1 aromatic rings. The van der Waals surface area contributed by atoms with Gasteiger partial charge in [-0.05, 0) is 25.0 Å². The van der Waals surface area contributed by atoms with E-state index in [0.29, 0.717) is 13.1 Å². The molecule has 0 saturated carbocycles. The van der Waals surface area contributed by atoms with E-state index in [0.717, 1.165) is 22.9 Å². The van der Waals surface area contributed by atoms with Crippen LogP contribution in [0.1, 0.15) is 29.8 Å². The highest BCUT2D eigenvalue weighted by Gasteiger charge is 2.28. The molecule has 1 amide bonds. The number of carbonyl (C=O) groups is 1. The van der Waals surface area contributed by atoms with Gasteiger partial charge in [-0.25, -0.2) is 0 Å². The summed E-state index contributed by atoms with van der Waals surface area (Å²) in [5, 5.41) is 0.760. The third kappa shape index (κ3) is 3.37. The van der Waals surface area contributed by atoms with Gasteiger partial charge in [0.15, 0.2) is 0 Å². The first kappa shape index (κ1) is 14.5. The van der Waals surface area contributed by atoms with Crippen LogP contribution in [0.3, 0.4) is 0 Å². The van der Waals surface area contributed by atoms with Crippen molar-refractivity contribution in [1.29, 1.82) is 0 Å². The van der Waals surface area contributed by atoms with Gasteiger partial charge < -0.3 is 9.64 Å². The fourth-order valence-electron chi connectivity index (χ4n) is 2.50. The summed E-state index contributed by atoms with van der Waals surface area (Å²) in [4.78, 5) is 14.6. The lowest BCUT2D eigenvalue weighted by Crippen LogP contribution is -2.49. The van der Waals surface area contributed by atoms with E-state index in [4.69, 9.17) is 4.74 Å². The molecule has 2 atom stereocenters. The molecular formula is C15H20BrNO2. The zero-order valence-corrected chi connectivity index (χ0v) is 13.0. The zero-order chi connectivity index (χ0) is 13.8. The van der Waals surface area contributed by atoms with Gasteiger partial charge in [0.25, 0.3) is 5.91 Å². The smallest absolute Gasteiger partial charge is 0.254 e. The molecule has 1 aromatic carbocycles. The van der Waals surface area contributed by atoms with Crippen LogP contribution >= 0.6 is 15.9 Å². The molecule has 0 aromatic heterocycles. The van der Waals surface area contributed by atoms with E-state index in [1.165, 1.54) is 0 Å². The molecule has 2 rings (SSSR count). The summed E-state index contributed by atoms with van der Waals surface area (Å²) < 4.78 is 5.77. The highest BCUT2D eigenvalue weighted by atomic mass is 79.9. The molecule has 1 heterocycles. The van der Waals surface area contributed by atoms with Gasteiger partial charge in [0.2, 0.25) is 0 Å². The Hall–Kier alpha value is -0.870. The Morgan fingerprint density at radius 3 is 2.84 bits per heavy atom. The van der Waals surface area contributed by atoms with Crippen LogP contribution in [0.15, 0.2) is 24.3 Å². The van der Waals surface area contributed by atoms with Crippen molar-refractivity contribution in [2.24, 2.45) is 0 Å². The van der Waals surface area contributed by atoms with E-state index in [9.17, 15) is 4.79 Å². The number of rotatable bonds is 3. The van der Waals surface area contributed by atoms with Gasteiger partial charge >= 0.3 is 0 Å². The Balaban J connectivity index is 2.18. The summed E-state index contributed by atoms with van der Waals surface area (Å²) >= 11 is 3.44. The van der Waals surface area contributed by atoms with Crippen molar-refractivity contribution in [3.05, 3.63) is 35.4 Å². The van der Waals surface area contributed by atoms with Crippen molar-refractivity contribution in [2.45, 2.75) is 32.5 Å². The Kier molecular flexibility index (Phi) is 4.99. The molecule has 0 spiro atoms. The van der Waals surface area contributed by atoms with E-state index < -0.39 is 0 Å². The highest BCUT2D eigenvalue weighted by Crippen LogP contribution is 2.18. The van der Waals surface area contributed by atoms with Crippen molar-refractivity contribution >= 4 is 21.8 Å². The van der Waals surface area contributed by atoms with Gasteiger partial charge in [-0.2, -0.15) is 0 Å². The Labute approximate surface area is 123 Å². The van der Waals surface area contributed by atoms with E-state index >= 15 is 0 Å². The molecule has 0 aliphatic carbocycles. The monoisotopic (exact) mass is 325 g/mol. The Morgan fingerprint density at radius 1 is 1.42 bits per heavy atom. The van der Waals surface area contributed by atoms with Gasteiger partial charge in [0.05, 0.1) is 12.2 Å². The molecule has 4 heteroatoms. The van der Waals surface area contributed by atoms with Gasteiger partial charge in [-0.1, -0.05) is 41.1 Å². The van der Waals surface area contributed by atoms with E-state index in [2.05, 4.69) is 22.9 Å². The quantitative estimate of drug-likeness (QED) is 0.800. The van der Waals surface area contributed by atoms with Crippen molar-refractivity contribution < 1.29 is 9.53 Å². The van der Waals surface area contributed by atoms with Crippen LogP contribution in [0.25, 0.3) is 0 Å². The number of benzene rings is 1. The maximum Gasteiger partial charge on any atom is 0.254 e. The number of nitrogens with zero attached hydrogens (tertiary/aromatic N) is 1. The summed E-state index contributed by atoms with van der Waals surface area (Å²) in [6, 6.07) is 7.86. The summed E-state index contributed by atoms with van der Waals surface area (Å²) in [7, 11) is 0. The summed E-state index contributed by atoms with van der Waals surface area (Å²) in [6.45, 7) is 5.42. The fraction of sp³-hybridized carbons (Fsp3) is 0.533. The number of amides is 1. The second-order valence-corrected chi connectivity index (χ2v) is 5.59. The summed E-state index contributed by atoms with van der Waals surface area (Å²) in [5.41, 5.74) is 1.94. The molecule has 0 N–H and O–H groups in total. The van der Waals surface area contributed by atoms with Gasteiger partial charge in [0.1, 0.15) is 0 Å². The Morgan fingerprint density at radius 2 is 2.16 bits per heavy atom. The summed E-state index contributed by atoms with van der Waals surface area (Å²) in [6.07, 6.45) is 1.06. The number of hydrogen-bond donors (Lipinski definition) is 0. The van der Waals surface area contributed by atoms with Crippen LogP contribution in [0.5, 0.6) is 0 Å². The minimum Gasteiger partial charge on any atom is -0.371 e. The fourth-order valence-corrected chi connectivity index (χ4v) is 2.86. The van der Waals surface area contributed by atoms with Crippen LogP contribution in [-0.2, 0) is 11.2 Å². The zero-order valence-electron chi connectivity index (χ0n) is 11.4. The van der Waals surface area contributed by atoms with E-state index in [1.54, 1.807) is 0 Å². The van der Waals surface area contributed by atoms with Crippen LogP contribution < -0.4 is 0 Å².